The van der Waals surface area contributed by atoms with E-state index in [1.54, 1.807) is 0 Å². The maximum Gasteiger partial charge on any atom is 0.217 e. The number of anilines is 1. The number of amides is 1. The summed E-state index contributed by atoms with van der Waals surface area (Å²) >= 11 is 0. The van der Waals surface area contributed by atoms with Crippen LogP contribution in [0.5, 0.6) is 0 Å². The van der Waals surface area contributed by atoms with Gasteiger partial charge in [-0.25, -0.2) is 4.98 Å². The third-order valence-corrected chi connectivity index (χ3v) is 3.69. The number of rotatable bonds is 5. The van der Waals surface area contributed by atoms with E-state index in [0.717, 1.165) is 37.3 Å². The summed E-state index contributed by atoms with van der Waals surface area (Å²) in [4.78, 5) is 17.5. The second-order valence-corrected chi connectivity index (χ2v) is 5.08. The van der Waals surface area contributed by atoms with Crippen LogP contribution in [0.15, 0.2) is 18.3 Å². The number of pyridine rings is 1. The Morgan fingerprint density at radius 2 is 2.26 bits per heavy atom. The molecule has 1 aliphatic heterocycles. The van der Waals surface area contributed by atoms with Gasteiger partial charge in [0.05, 0.1) is 0 Å². The Morgan fingerprint density at radius 1 is 1.53 bits per heavy atom. The van der Waals surface area contributed by atoms with Crippen molar-refractivity contribution in [1.29, 1.82) is 0 Å². The molecule has 3 N–H and O–H groups in total. The van der Waals surface area contributed by atoms with E-state index in [0.29, 0.717) is 18.9 Å². The van der Waals surface area contributed by atoms with Gasteiger partial charge in [-0.1, -0.05) is 0 Å². The van der Waals surface area contributed by atoms with Crippen LogP contribution in [0, 0.1) is 0 Å². The number of hydrogen-bond donors (Lipinski definition) is 2. The Balaban J connectivity index is 2.02. The number of hydrogen-bond acceptors (Lipinski definition) is 4. The fourth-order valence-electron chi connectivity index (χ4n) is 2.46. The molecular weight excluding hydrogens is 240 g/mol. The standard InChI is InChI=1S/C14H22N4O/c1-18(12-5-7-16-8-6-12)14-10-11(4-9-17-14)2-3-13(15)19/h4,9-10,12,16H,2-3,5-8H2,1H3,(H2,15,19). The lowest BCUT2D eigenvalue weighted by molar-refractivity contribution is -0.117. The molecule has 0 aliphatic carbocycles. The topological polar surface area (TPSA) is 71.2 Å². The molecule has 0 atom stereocenters. The lowest BCUT2D eigenvalue weighted by Gasteiger charge is -2.32. The highest BCUT2D eigenvalue weighted by molar-refractivity contribution is 5.74. The largest absolute Gasteiger partial charge is 0.370 e. The molecule has 0 aromatic carbocycles. The molecule has 2 rings (SSSR count). The first-order valence-corrected chi connectivity index (χ1v) is 6.83. The fraction of sp³-hybridized carbons (Fsp3) is 0.571. The van der Waals surface area contributed by atoms with Crippen LogP contribution in [0.1, 0.15) is 24.8 Å². The van der Waals surface area contributed by atoms with Crippen molar-refractivity contribution in [2.45, 2.75) is 31.7 Å². The van der Waals surface area contributed by atoms with Crippen molar-refractivity contribution in [3.8, 4) is 0 Å². The van der Waals surface area contributed by atoms with Crippen LogP contribution in [0.2, 0.25) is 0 Å². The zero-order chi connectivity index (χ0) is 13.7. The van der Waals surface area contributed by atoms with Crippen LogP contribution in [-0.2, 0) is 11.2 Å². The van der Waals surface area contributed by atoms with E-state index >= 15 is 0 Å². The molecule has 2 heterocycles. The molecule has 1 aliphatic rings. The van der Waals surface area contributed by atoms with Gasteiger partial charge in [-0.15, -0.1) is 0 Å². The Labute approximate surface area is 114 Å². The molecular formula is C14H22N4O. The lowest BCUT2D eigenvalue weighted by Crippen LogP contribution is -2.41. The van der Waals surface area contributed by atoms with E-state index < -0.39 is 0 Å². The highest BCUT2D eigenvalue weighted by Crippen LogP contribution is 2.19. The number of carbonyl (C=O) groups excluding carboxylic acids is 1. The minimum atomic E-state index is -0.259. The summed E-state index contributed by atoms with van der Waals surface area (Å²) in [7, 11) is 2.09. The number of aryl methyl sites for hydroxylation is 1. The SMILES string of the molecule is CN(c1cc(CCC(N)=O)ccn1)C1CCNCC1. The van der Waals surface area contributed by atoms with Gasteiger partial charge >= 0.3 is 0 Å². The smallest absolute Gasteiger partial charge is 0.217 e. The normalized spacial score (nSPS) is 16.3. The molecule has 1 amide bonds. The van der Waals surface area contributed by atoms with Crippen LogP contribution < -0.4 is 16.0 Å². The second kappa shape index (κ2) is 6.52. The van der Waals surface area contributed by atoms with Gasteiger partial charge < -0.3 is 16.0 Å². The van der Waals surface area contributed by atoms with Gasteiger partial charge in [0.25, 0.3) is 0 Å². The number of nitrogens with one attached hydrogen (secondary N) is 1. The van der Waals surface area contributed by atoms with Crippen molar-refractivity contribution in [3.05, 3.63) is 23.9 Å². The summed E-state index contributed by atoms with van der Waals surface area (Å²) in [5.74, 6) is 0.721. The molecule has 0 spiro atoms. The molecule has 1 saturated heterocycles. The van der Waals surface area contributed by atoms with Crippen molar-refractivity contribution in [3.63, 3.8) is 0 Å². The van der Waals surface area contributed by atoms with Crippen LogP contribution in [0.4, 0.5) is 5.82 Å². The monoisotopic (exact) mass is 262 g/mol. The zero-order valence-corrected chi connectivity index (χ0v) is 11.4. The van der Waals surface area contributed by atoms with E-state index in [2.05, 4.69) is 28.3 Å². The van der Waals surface area contributed by atoms with Crippen molar-refractivity contribution in [2.24, 2.45) is 5.73 Å². The predicted octanol–water partition coefficient (Wildman–Crippen LogP) is 0.688. The quantitative estimate of drug-likeness (QED) is 0.819. The van der Waals surface area contributed by atoms with Gasteiger partial charge in [0.2, 0.25) is 5.91 Å². The van der Waals surface area contributed by atoms with Gasteiger partial charge in [-0.3, -0.25) is 4.79 Å². The average molecular weight is 262 g/mol. The van der Waals surface area contributed by atoms with Crippen LogP contribution >= 0.6 is 0 Å². The van der Waals surface area contributed by atoms with Crippen molar-refractivity contribution in [1.82, 2.24) is 10.3 Å². The Bertz CT molecular complexity index is 429. The molecule has 1 aromatic heterocycles. The predicted molar refractivity (Wildman–Crippen MR) is 76.0 cm³/mol. The second-order valence-electron chi connectivity index (χ2n) is 5.08. The summed E-state index contributed by atoms with van der Waals surface area (Å²) in [6.45, 7) is 2.13. The summed E-state index contributed by atoms with van der Waals surface area (Å²) < 4.78 is 0. The molecule has 19 heavy (non-hydrogen) atoms. The first-order valence-electron chi connectivity index (χ1n) is 6.83. The first kappa shape index (κ1) is 13.8. The number of nitrogens with two attached hydrogens (primary N) is 1. The third kappa shape index (κ3) is 3.92. The number of carbonyl (C=O) groups is 1. The van der Waals surface area contributed by atoms with Crippen LogP contribution in [-0.4, -0.2) is 37.1 Å². The van der Waals surface area contributed by atoms with E-state index in [4.69, 9.17) is 5.73 Å². The van der Waals surface area contributed by atoms with E-state index in [1.165, 1.54) is 0 Å². The van der Waals surface area contributed by atoms with Gasteiger partial charge in [0.1, 0.15) is 5.82 Å². The van der Waals surface area contributed by atoms with Gasteiger partial charge in [-0.2, -0.15) is 0 Å². The van der Waals surface area contributed by atoms with Crippen LogP contribution in [0.3, 0.4) is 0 Å². The van der Waals surface area contributed by atoms with Crippen LogP contribution in [0.25, 0.3) is 0 Å². The van der Waals surface area contributed by atoms with Gasteiger partial charge in [0, 0.05) is 25.7 Å². The number of piperidine rings is 1. The van der Waals surface area contributed by atoms with Gasteiger partial charge in [-0.05, 0) is 50.0 Å². The molecule has 5 nitrogen and oxygen atoms in total. The molecule has 5 heteroatoms. The highest BCUT2D eigenvalue weighted by Gasteiger charge is 2.18. The summed E-state index contributed by atoms with van der Waals surface area (Å²) in [6, 6.07) is 4.55. The highest BCUT2D eigenvalue weighted by atomic mass is 16.1. The molecule has 104 valence electrons. The minimum absolute atomic E-state index is 0.259. The Hall–Kier alpha value is -1.62. The Kier molecular flexibility index (Phi) is 4.74. The summed E-state index contributed by atoms with van der Waals surface area (Å²) in [5.41, 5.74) is 6.30. The first-order chi connectivity index (χ1) is 9.16. The number of primary amides is 1. The minimum Gasteiger partial charge on any atom is -0.370 e. The van der Waals surface area contributed by atoms with Crippen molar-refractivity contribution >= 4 is 11.7 Å². The Morgan fingerprint density at radius 3 is 2.95 bits per heavy atom. The lowest BCUT2D eigenvalue weighted by atomic mass is 10.0. The third-order valence-electron chi connectivity index (χ3n) is 3.69. The summed E-state index contributed by atoms with van der Waals surface area (Å²) in [6.07, 6.45) is 5.17. The summed E-state index contributed by atoms with van der Waals surface area (Å²) in [5, 5.41) is 3.37. The maximum atomic E-state index is 10.8. The zero-order valence-electron chi connectivity index (χ0n) is 11.4. The molecule has 0 radical (unpaired) electrons. The maximum absolute atomic E-state index is 10.8. The molecule has 0 saturated carbocycles. The van der Waals surface area contributed by atoms with Crippen molar-refractivity contribution < 1.29 is 4.79 Å². The molecule has 0 bridgehead atoms. The van der Waals surface area contributed by atoms with E-state index in [-0.39, 0.29) is 5.91 Å². The molecule has 0 unspecified atom stereocenters. The van der Waals surface area contributed by atoms with E-state index in [9.17, 15) is 4.79 Å². The number of aromatic nitrogens is 1. The van der Waals surface area contributed by atoms with Crippen molar-refractivity contribution in [2.75, 3.05) is 25.0 Å². The van der Waals surface area contributed by atoms with E-state index in [1.807, 2.05) is 12.3 Å². The van der Waals surface area contributed by atoms with Gasteiger partial charge in [0.15, 0.2) is 0 Å². The average Bonchev–Trinajstić information content (AvgIpc) is 2.45. The number of nitrogens with zero attached hydrogens (tertiary/aromatic N) is 2. The molecule has 1 fully saturated rings. The fourth-order valence-corrected chi connectivity index (χ4v) is 2.46. The molecule has 1 aromatic rings.